The molecule has 3 aromatic rings. The first-order valence-electron chi connectivity index (χ1n) is 7.80. The van der Waals surface area contributed by atoms with Crippen LogP contribution in [-0.4, -0.2) is 21.5 Å². The lowest BCUT2D eigenvalue weighted by molar-refractivity contribution is -0.274. The maximum absolute atomic E-state index is 12.5. The van der Waals surface area contributed by atoms with Gasteiger partial charge in [-0.1, -0.05) is 24.1 Å². The summed E-state index contributed by atoms with van der Waals surface area (Å²) in [7, 11) is 0. The van der Waals surface area contributed by atoms with Crippen molar-refractivity contribution in [3.05, 3.63) is 66.1 Å². The molecule has 0 saturated carbocycles. The second-order valence-electron chi connectivity index (χ2n) is 5.34. The highest BCUT2D eigenvalue weighted by Gasteiger charge is 2.32. The average molecular weight is 357 g/mol. The monoisotopic (exact) mass is 357 g/mol. The normalized spacial score (nSPS) is 10.9. The van der Waals surface area contributed by atoms with Crippen LogP contribution in [0.1, 0.15) is 17.8 Å². The van der Waals surface area contributed by atoms with Gasteiger partial charge in [0.2, 0.25) is 0 Å². The Morgan fingerprint density at radius 1 is 1.08 bits per heavy atom. The van der Waals surface area contributed by atoms with E-state index in [1.165, 1.54) is 18.2 Å². The Morgan fingerprint density at radius 2 is 1.88 bits per heavy atom. The summed E-state index contributed by atoms with van der Waals surface area (Å²) in [4.78, 5) is 4.11. The Kier molecular flexibility index (Phi) is 5.23. The SMILES string of the molecule is FC(F)(F)Oc1ccccc1-c1cc(CCC#Cc2ccccn2)[nH]n1. The molecule has 0 aliphatic heterocycles. The minimum absolute atomic E-state index is 0.270. The Bertz CT molecular complexity index is 924. The summed E-state index contributed by atoms with van der Waals surface area (Å²) < 4.78 is 41.6. The molecule has 3 rings (SSSR count). The Hall–Kier alpha value is -3.27. The van der Waals surface area contributed by atoms with Crippen molar-refractivity contribution in [1.29, 1.82) is 0 Å². The molecule has 0 amide bonds. The molecule has 0 aliphatic carbocycles. The van der Waals surface area contributed by atoms with E-state index in [0.29, 0.717) is 24.2 Å². The second kappa shape index (κ2) is 7.74. The minimum atomic E-state index is -4.75. The third-order valence-corrected chi connectivity index (χ3v) is 3.42. The van der Waals surface area contributed by atoms with Crippen LogP contribution in [0.4, 0.5) is 13.2 Å². The highest BCUT2D eigenvalue weighted by Crippen LogP contribution is 2.32. The number of nitrogens with one attached hydrogen (secondary N) is 1. The standard InChI is InChI=1S/C19H14F3N3O/c20-19(21,22)26-18-11-4-3-10-16(18)17-13-15(24-25-17)9-2-1-7-14-8-5-6-12-23-14/h3-6,8,10-13H,2,9H2,(H,24,25). The number of para-hydroxylation sites is 1. The molecule has 0 atom stereocenters. The number of pyridine rings is 1. The number of aryl methyl sites for hydroxylation is 1. The van der Waals surface area contributed by atoms with E-state index in [-0.39, 0.29) is 11.3 Å². The zero-order valence-corrected chi connectivity index (χ0v) is 13.5. The van der Waals surface area contributed by atoms with Gasteiger partial charge in [0.05, 0.1) is 5.69 Å². The van der Waals surface area contributed by atoms with Gasteiger partial charge in [-0.05, 0) is 36.3 Å². The predicted octanol–water partition coefficient (Wildman–Crippen LogP) is 4.35. The van der Waals surface area contributed by atoms with Crippen LogP contribution in [0, 0.1) is 11.8 Å². The van der Waals surface area contributed by atoms with E-state index in [0.717, 1.165) is 5.69 Å². The molecule has 2 heterocycles. The third kappa shape index (κ3) is 4.86. The molecule has 0 bridgehead atoms. The molecule has 4 nitrogen and oxygen atoms in total. The first kappa shape index (κ1) is 17.5. The Labute approximate surface area is 148 Å². The zero-order chi connectivity index (χ0) is 18.4. The molecule has 26 heavy (non-hydrogen) atoms. The first-order chi connectivity index (χ1) is 12.5. The average Bonchev–Trinajstić information content (AvgIpc) is 3.07. The van der Waals surface area contributed by atoms with E-state index in [9.17, 15) is 13.2 Å². The van der Waals surface area contributed by atoms with Gasteiger partial charge in [0, 0.05) is 30.3 Å². The summed E-state index contributed by atoms with van der Waals surface area (Å²) in [5.41, 5.74) is 2.12. The van der Waals surface area contributed by atoms with Crippen LogP contribution in [0.3, 0.4) is 0 Å². The largest absolute Gasteiger partial charge is 0.573 e. The van der Waals surface area contributed by atoms with Crippen molar-refractivity contribution >= 4 is 0 Å². The number of nitrogens with zero attached hydrogens (tertiary/aromatic N) is 2. The number of rotatable bonds is 4. The maximum Gasteiger partial charge on any atom is 0.573 e. The highest BCUT2D eigenvalue weighted by atomic mass is 19.4. The van der Waals surface area contributed by atoms with Gasteiger partial charge in [0.15, 0.2) is 0 Å². The van der Waals surface area contributed by atoms with Crippen LogP contribution in [0.15, 0.2) is 54.7 Å². The molecule has 7 heteroatoms. The Balaban J connectivity index is 1.68. The van der Waals surface area contributed by atoms with E-state index in [1.807, 2.05) is 18.2 Å². The number of aromatic nitrogens is 3. The number of alkyl halides is 3. The van der Waals surface area contributed by atoms with Gasteiger partial charge < -0.3 is 4.74 Å². The number of hydrogen-bond acceptors (Lipinski definition) is 3. The predicted molar refractivity (Wildman–Crippen MR) is 90.1 cm³/mol. The molecule has 0 aliphatic rings. The van der Waals surface area contributed by atoms with Gasteiger partial charge in [-0.2, -0.15) is 5.10 Å². The highest BCUT2D eigenvalue weighted by molar-refractivity contribution is 5.67. The molecule has 0 saturated heterocycles. The van der Waals surface area contributed by atoms with Crippen molar-refractivity contribution in [1.82, 2.24) is 15.2 Å². The van der Waals surface area contributed by atoms with Gasteiger partial charge in [-0.25, -0.2) is 4.98 Å². The summed E-state index contributed by atoms with van der Waals surface area (Å²) in [6, 6.07) is 13.1. The molecular formula is C19H14F3N3O. The smallest absolute Gasteiger partial charge is 0.405 e. The fraction of sp³-hybridized carbons (Fsp3) is 0.158. The molecule has 1 aromatic carbocycles. The number of aromatic amines is 1. The van der Waals surface area contributed by atoms with E-state index in [4.69, 9.17) is 0 Å². The van der Waals surface area contributed by atoms with Crippen molar-refractivity contribution in [2.75, 3.05) is 0 Å². The van der Waals surface area contributed by atoms with E-state index < -0.39 is 6.36 Å². The van der Waals surface area contributed by atoms with E-state index >= 15 is 0 Å². The van der Waals surface area contributed by atoms with Crippen LogP contribution >= 0.6 is 0 Å². The van der Waals surface area contributed by atoms with Crippen LogP contribution in [0.25, 0.3) is 11.3 Å². The second-order valence-corrected chi connectivity index (χ2v) is 5.34. The molecular weight excluding hydrogens is 343 g/mol. The van der Waals surface area contributed by atoms with Crippen molar-refractivity contribution < 1.29 is 17.9 Å². The summed E-state index contributed by atoms with van der Waals surface area (Å²) in [6.07, 6.45) is -1.92. The van der Waals surface area contributed by atoms with E-state index in [2.05, 4.69) is 31.8 Å². The van der Waals surface area contributed by atoms with Gasteiger partial charge in [-0.3, -0.25) is 5.10 Å². The lowest BCUT2D eigenvalue weighted by atomic mass is 10.1. The zero-order valence-electron chi connectivity index (χ0n) is 13.5. The topological polar surface area (TPSA) is 50.8 Å². The fourth-order valence-electron chi connectivity index (χ4n) is 2.31. The molecule has 1 N–H and O–H groups in total. The van der Waals surface area contributed by atoms with Gasteiger partial charge >= 0.3 is 6.36 Å². The summed E-state index contributed by atoms with van der Waals surface area (Å²) in [5, 5.41) is 6.90. The van der Waals surface area contributed by atoms with Crippen LogP contribution < -0.4 is 4.74 Å². The van der Waals surface area contributed by atoms with Gasteiger partial charge in [-0.15, -0.1) is 13.2 Å². The number of H-pyrrole nitrogens is 1. The summed E-state index contributed by atoms with van der Waals surface area (Å²) in [6.45, 7) is 0. The van der Waals surface area contributed by atoms with Crippen molar-refractivity contribution in [2.45, 2.75) is 19.2 Å². The van der Waals surface area contributed by atoms with E-state index in [1.54, 1.807) is 18.3 Å². The molecule has 132 valence electrons. The van der Waals surface area contributed by atoms with Crippen molar-refractivity contribution in [3.8, 4) is 28.8 Å². The molecule has 0 unspecified atom stereocenters. The quantitative estimate of drug-likeness (QED) is 0.706. The molecule has 0 fully saturated rings. The summed E-state index contributed by atoms with van der Waals surface area (Å²) >= 11 is 0. The van der Waals surface area contributed by atoms with Crippen molar-refractivity contribution in [3.63, 3.8) is 0 Å². The molecule has 2 aromatic heterocycles. The Morgan fingerprint density at radius 3 is 2.65 bits per heavy atom. The fourth-order valence-corrected chi connectivity index (χ4v) is 2.31. The number of ether oxygens (including phenoxy) is 1. The lowest BCUT2D eigenvalue weighted by Gasteiger charge is -2.11. The summed E-state index contributed by atoms with van der Waals surface area (Å²) in [5.74, 6) is 5.67. The van der Waals surface area contributed by atoms with Gasteiger partial charge in [0.25, 0.3) is 0 Å². The van der Waals surface area contributed by atoms with Crippen LogP contribution in [0.2, 0.25) is 0 Å². The lowest BCUT2D eigenvalue weighted by Crippen LogP contribution is -2.17. The number of benzene rings is 1. The number of halogens is 3. The van der Waals surface area contributed by atoms with Crippen LogP contribution in [0.5, 0.6) is 5.75 Å². The van der Waals surface area contributed by atoms with Crippen LogP contribution in [-0.2, 0) is 6.42 Å². The number of hydrogen-bond donors (Lipinski definition) is 1. The molecule has 0 radical (unpaired) electrons. The van der Waals surface area contributed by atoms with Gasteiger partial charge in [0.1, 0.15) is 11.4 Å². The first-order valence-corrected chi connectivity index (χ1v) is 7.80. The third-order valence-electron chi connectivity index (χ3n) is 3.42. The maximum atomic E-state index is 12.5. The minimum Gasteiger partial charge on any atom is -0.405 e. The molecule has 0 spiro atoms. The van der Waals surface area contributed by atoms with Crippen molar-refractivity contribution in [2.24, 2.45) is 0 Å².